The highest BCUT2D eigenvalue weighted by atomic mass is 19.4. The van der Waals surface area contributed by atoms with Crippen LogP contribution in [0.3, 0.4) is 0 Å². The van der Waals surface area contributed by atoms with Gasteiger partial charge in [0.2, 0.25) is 0 Å². The topological polar surface area (TPSA) is 38.7 Å². The second-order valence-electron chi connectivity index (χ2n) is 5.50. The first-order chi connectivity index (χ1) is 10.6. The van der Waals surface area contributed by atoms with Crippen molar-refractivity contribution >= 4 is 0 Å². The van der Waals surface area contributed by atoms with Gasteiger partial charge in [-0.25, -0.2) is 0 Å². The minimum atomic E-state index is -3.99. The van der Waals surface area contributed by atoms with Gasteiger partial charge in [0.25, 0.3) is 0 Å². The molecular formula is C16H31F3O3. The molecule has 134 valence electrons. The molecule has 0 aliphatic carbocycles. The van der Waals surface area contributed by atoms with Gasteiger partial charge in [0.05, 0.1) is 26.4 Å². The van der Waals surface area contributed by atoms with Crippen molar-refractivity contribution in [3.8, 4) is 0 Å². The number of alkyl halides is 3. The summed E-state index contributed by atoms with van der Waals surface area (Å²) in [5.74, 6) is 0. The van der Waals surface area contributed by atoms with Crippen molar-refractivity contribution < 1.29 is 27.8 Å². The van der Waals surface area contributed by atoms with E-state index in [0.717, 1.165) is 51.6 Å². The molecule has 22 heavy (non-hydrogen) atoms. The standard InChI is InChI=1S/C16H31F3O3/c17-16(18,19)10-8-6-4-2-1-3-5-7-9-12-21-14-15-22-13-11-20/h20H,1-15H2. The van der Waals surface area contributed by atoms with E-state index in [9.17, 15) is 13.2 Å². The lowest BCUT2D eigenvalue weighted by Gasteiger charge is -2.06. The molecule has 0 atom stereocenters. The summed E-state index contributed by atoms with van der Waals surface area (Å²) in [7, 11) is 0. The molecule has 0 unspecified atom stereocenters. The Hall–Kier alpha value is -0.330. The molecular weight excluding hydrogens is 297 g/mol. The first-order valence-electron chi connectivity index (χ1n) is 8.39. The SMILES string of the molecule is OCCOCCOCCCCCCCCCCCC(F)(F)F. The predicted molar refractivity (Wildman–Crippen MR) is 80.9 cm³/mol. The third-order valence-corrected chi connectivity index (χ3v) is 3.36. The minimum absolute atomic E-state index is 0.0440. The number of unbranched alkanes of at least 4 members (excludes halogenated alkanes) is 8. The summed E-state index contributed by atoms with van der Waals surface area (Å²) in [4.78, 5) is 0. The molecule has 0 saturated carbocycles. The molecule has 0 heterocycles. The molecule has 3 nitrogen and oxygen atoms in total. The van der Waals surface area contributed by atoms with Crippen LogP contribution in [0, 0.1) is 0 Å². The Morgan fingerprint density at radius 2 is 1.05 bits per heavy atom. The van der Waals surface area contributed by atoms with Gasteiger partial charge < -0.3 is 14.6 Å². The average Bonchev–Trinajstić information content (AvgIpc) is 2.45. The fraction of sp³-hybridized carbons (Fsp3) is 1.00. The molecule has 0 aromatic heterocycles. The fourth-order valence-corrected chi connectivity index (χ4v) is 2.15. The maximum absolute atomic E-state index is 11.9. The Morgan fingerprint density at radius 3 is 1.55 bits per heavy atom. The van der Waals surface area contributed by atoms with E-state index in [-0.39, 0.29) is 13.0 Å². The Balaban J connectivity index is 3.00. The normalized spacial score (nSPS) is 12.0. The van der Waals surface area contributed by atoms with Gasteiger partial charge in [-0.2, -0.15) is 13.2 Å². The van der Waals surface area contributed by atoms with Gasteiger partial charge in [-0.15, -0.1) is 0 Å². The maximum Gasteiger partial charge on any atom is 0.389 e. The molecule has 1 N–H and O–H groups in total. The van der Waals surface area contributed by atoms with Gasteiger partial charge in [-0.05, 0) is 12.8 Å². The van der Waals surface area contributed by atoms with Crippen LogP contribution in [-0.2, 0) is 9.47 Å². The molecule has 0 spiro atoms. The van der Waals surface area contributed by atoms with Gasteiger partial charge in [0.15, 0.2) is 0 Å². The van der Waals surface area contributed by atoms with Crippen molar-refractivity contribution in [2.75, 3.05) is 33.0 Å². The van der Waals surface area contributed by atoms with Crippen LogP contribution in [0.15, 0.2) is 0 Å². The molecule has 0 bridgehead atoms. The van der Waals surface area contributed by atoms with E-state index in [1.54, 1.807) is 0 Å². The van der Waals surface area contributed by atoms with Gasteiger partial charge in [-0.1, -0.05) is 44.9 Å². The van der Waals surface area contributed by atoms with Crippen LogP contribution in [0.1, 0.15) is 64.2 Å². The Labute approximate surface area is 132 Å². The van der Waals surface area contributed by atoms with Gasteiger partial charge >= 0.3 is 6.18 Å². The predicted octanol–water partition coefficient (Wildman–Crippen LogP) is 4.48. The first kappa shape index (κ1) is 21.7. The van der Waals surface area contributed by atoms with Crippen LogP contribution < -0.4 is 0 Å². The lowest BCUT2D eigenvalue weighted by Crippen LogP contribution is -2.07. The molecule has 0 fully saturated rings. The molecule has 0 radical (unpaired) electrons. The molecule has 0 aliphatic heterocycles. The second kappa shape index (κ2) is 15.6. The summed E-state index contributed by atoms with van der Waals surface area (Å²) in [5.41, 5.74) is 0. The summed E-state index contributed by atoms with van der Waals surface area (Å²) < 4.78 is 46.2. The molecule has 0 saturated heterocycles. The van der Waals surface area contributed by atoms with E-state index >= 15 is 0 Å². The lowest BCUT2D eigenvalue weighted by atomic mass is 10.1. The van der Waals surface area contributed by atoms with Crippen LogP contribution >= 0.6 is 0 Å². The number of aliphatic hydroxyl groups is 1. The van der Waals surface area contributed by atoms with Crippen molar-refractivity contribution in [1.82, 2.24) is 0 Å². The van der Waals surface area contributed by atoms with Gasteiger partial charge in [0.1, 0.15) is 0 Å². The molecule has 0 aromatic rings. The molecule has 0 aliphatic rings. The van der Waals surface area contributed by atoms with E-state index in [1.165, 1.54) is 0 Å². The van der Waals surface area contributed by atoms with Crippen molar-refractivity contribution in [3.63, 3.8) is 0 Å². The highest BCUT2D eigenvalue weighted by Gasteiger charge is 2.25. The van der Waals surface area contributed by atoms with Crippen LogP contribution in [0.4, 0.5) is 13.2 Å². The Kier molecular flexibility index (Phi) is 15.3. The van der Waals surface area contributed by atoms with E-state index in [4.69, 9.17) is 14.6 Å². The zero-order valence-corrected chi connectivity index (χ0v) is 13.5. The molecule has 0 aromatic carbocycles. The first-order valence-corrected chi connectivity index (χ1v) is 8.39. The number of halogens is 3. The summed E-state index contributed by atoms with van der Waals surface area (Å²) in [6.07, 6.45) is 3.86. The number of rotatable bonds is 16. The van der Waals surface area contributed by atoms with E-state index in [2.05, 4.69) is 0 Å². The van der Waals surface area contributed by atoms with Crippen molar-refractivity contribution in [1.29, 1.82) is 0 Å². The number of hydrogen-bond acceptors (Lipinski definition) is 3. The lowest BCUT2D eigenvalue weighted by molar-refractivity contribution is -0.135. The van der Waals surface area contributed by atoms with Crippen LogP contribution in [0.2, 0.25) is 0 Å². The highest BCUT2D eigenvalue weighted by Crippen LogP contribution is 2.23. The van der Waals surface area contributed by atoms with Crippen molar-refractivity contribution in [2.24, 2.45) is 0 Å². The van der Waals surface area contributed by atoms with E-state index < -0.39 is 12.6 Å². The Bertz CT molecular complexity index is 223. The molecule has 0 rings (SSSR count). The highest BCUT2D eigenvalue weighted by molar-refractivity contribution is 4.52. The summed E-state index contributed by atoms with van der Waals surface area (Å²) in [5, 5.41) is 8.49. The van der Waals surface area contributed by atoms with Gasteiger partial charge in [-0.3, -0.25) is 0 Å². The number of hydrogen-bond donors (Lipinski definition) is 1. The van der Waals surface area contributed by atoms with E-state index in [0.29, 0.717) is 26.2 Å². The zero-order chi connectivity index (χ0) is 16.5. The summed E-state index contributed by atoms with van der Waals surface area (Å²) in [6, 6.07) is 0. The number of ether oxygens (including phenoxy) is 2. The monoisotopic (exact) mass is 328 g/mol. The number of aliphatic hydroxyl groups excluding tert-OH is 1. The van der Waals surface area contributed by atoms with Crippen molar-refractivity contribution in [3.05, 3.63) is 0 Å². The molecule has 0 amide bonds. The summed E-state index contributed by atoms with van der Waals surface area (Å²) in [6.45, 7) is 2.23. The fourth-order valence-electron chi connectivity index (χ4n) is 2.15. The maximum atomic E-state index is 11.9. The van der Waals surface area contributed by atoms with E-state index in [1.807, 2.05) is 0 Å². The smallest absolute Gasteiger partial charge is 0.389 e. The van der Waals surface area contributed by atoms with Crippen LogP contribution in [-0.4, -0.2) is 44.3 Å². The minimum Gasteiger partial charge on any atom is -0.394 e. The van der Waals surface area contributed by atoms with Crippen LogP contribution in [0.25, 0.3) is 0 Å². The summed E-state index contributed by atoms with van der Waals surface area (Å²) >= 11 is 0. The van der Waals surface area contributed by atoms with Crippen LogP contribution in [0.5, 0.6) is 0 Å². The average molecular weight is 328 g/mol. The zero-order valence-electron chi connectivity index (χ0n) is 13.5. The second-order valence-corrected chi connectivity index (χ2v) is 5.50. The third-order valence-electron chi connectivity index (χ3n) is 3.36. The van der Waals surface area contributed by atoms with Gasteiger partial charge in [0, 0.05) is 13.0 Å². The Morgan fingerprint density at radius 1 is 0.591 bits per heavy atom. The third kappa shape index (κ3) is 19.7. The quantitative estimate of drug-likeness (QED) is 0.425. The molecule has 6 heteroatoms. The van der Waals surface area contributed by atoms with Crippen molar-refractivity contribution in [2.45, 2.75) is 70.4 Å². The largest absolute Gasteiger partial charge is 0.394 e.